The van der Waals surface area contributed by atoms with E-state index in [2.05, 4.69) is 10.6 Å². The topological polar surface area (TPSA) is 53.5 Å². The van der Waals surface area contributed by atoms with Crippen molar-refractivity contribution in [1.29, 1.82) is 0 Å². The average molecular weight is 412 g/mol. The number of aliphatic hydroxyl groups is 1. The van der Waals surface area contributed by atoms with Crippen LogP contribution in [-0.2, 0) is 0 Å². The van der Waals surface area contributed by atoms with E-state index in [9.17, 15) is 13.9 Å². The molecule has 158 valence electrons. The van der Waals surface area contributed by atoms with Gasteiger partial charge in [-0.3, -0.25) is 5.32 Å². The van der Waals surface area contributed by atoms with Crippen LogP contribution in [0.1, 0.15) is 50.6 Å². The van der Waals surface area contributed by atoms with Crippen molar-refractivity contribution in [1.82, 2.24) is 10.6 Å². The molecular weight excluding hydrogens is 386 g/mol. The maximum Gasteiger partial charge on any atom is 0.125 e. The molecule has 1 aromatic carbocycles. The second kappa shape index (κ2) is 7.36. The van der Waals surface area contributed by atoms with Gasteiger partial charge in [-0.1, -0.05) is 6.08 Å². The van der Waals surface area contributed by atoms with Crippen molar-refractivity contribution in [3.05, 3.63) is 76.7 Å². The molecule has 3 unspecified atom stereocenters. The summed E-state index contributed by atoms with van der Waals surface area (Å²) < 4.78 is 33.6. The first-order valence-electron chi connectivity index (χ1n) is 10.6. The third kappa shape index (κ3) is 3.48. The molecule has 3 N–H and O–H groups in total. The van der Waals surface area contributed by atoms with Crippen LogP contribution < -0.4 is 15.4 Å². The van der Waals surface area contributed by atoms with Gasteiger partial charge in [0.15, 0.2) is 0 Å². The number of benzene rings is 1. The lowest BCUT2D eigenvalue weighted by atomic mass is 9.73. The van der Waals surface area contributed by atoms with Gasteiger partial charge >= 0.3 is 0 Å². The fourth-order valence-electron chi connectivity index (χ4n) is 4.94. The van der Waals surface area contributed by atoms with Crippen molar-refractivity contribution in [3.8, 4) is 5.75 Å². The summed E-state index contributed by atoms with van der Waals surface area (Å²) in [5.74, 6) is 0.115. The standard InChI is InChI=1S/C24H26F2N2O2/c1-14-17-6-3-15(25)4-7-19(17)27-20(14)12-23(29)28-21-13-24(9-2-10-24)30-22-8-5-16(26)11-18(21)22/h3-8,11,17,21,23,27-29H,2,9-10,12-13H2,1H3. The first-order valence-corrected chi connectivity index (χ1v) is 10.6. The van der Waals surface area contributed by atoms with Gasteiger partial charge in [0.25, 0.3) is 0 Å². The third-order valence-corrected chi connectivity index (χ3v) is 6.75. The van der Waals surface area contributed by atoms with Gasteiger partial charge in [-0.05, 0) is 68.2 Å². The van der Waals surface area contributed by atoms with Gasteiger partial charge in [-0.15, -0.1) is 0 Å². The van der Waals surface area contributed by atoms with Gasteiger partial charge in [-0.25, -0.2) is 8.78 Å². The second-order valence-corrected chi connectivity index (χ2v) is 8.76. The molecule has 0 radical (unpaired) electrons. The summed E-state index contributed by atoms with van der Waals surface area (Å²) in [6.07, 6.45) is 9.87. The fourth-order valence-corrected chi connectivity index (χ4v) is 4.94. The second-order valence-electron chi connectivity index (χ2n) is 8.76. The highest BCUT2D eigenvalue weighted by Gasteiger charge is 2.46. The summed E-state index contributed by atoms with van der Waals surface area (Å²) in [6.45, 7) is 2.00. The molecule has 0 bridgehead atoms. The van der Waals surface area contributed by atoms with Crippen LogP contribution in [0.3, 0.4) is 0 Å². The van der Waals surface area contributed by atoms with Crippen LogP contribution >= 0.6 is 0 Å². The molecular formula is C24H26F2N2O2. The maximum atomic E-state index is 13.9. The maximum absolute atomic E-state index is 13.9. The quantitative estimate of drug-likeness (QED) is 0.629. The summed E-state index contributed by atoms with van der Waals surface area (Å²) in [5.41, 5.74) is 3.45. The Balaban J connectivity index is 1.32. The molecule has 2 aliphatic carbocycles. The Labute approximate surface area is 175 Å². The molecule has 1 spiro atoms. The van der Waals surface area contributed by atoms with E-state index in [1.165, 1.54) is 24.3 Å². The summed E-state index contributed by atoms with van der Waals surface area (Å²) in [4.78, 5) is 0. The zero-order valence-corrected chi connectivity index (χ0v) is 16.9. The van der Waals surface area contributed by atoms with Crippen LogP contribution in [-0.4, -0.2) is 16.9 Å². The molecule has 2 aliphatic heterocycles. The molecule has 1 aromatic rings. The minimum absolute atomic E-state index is 0.00662. The number of nitrogens with one attached hydrogen (secondary N) is 2. The van der Waals surface area contributed by atoms with Gasteiger partial charge < -0.3 is 15.2 Å². The van der Waals surface area contributed by atoms with E-state index in [0.29, 0.717) is 18.6 Å². The fraction of sp³-hybridized carbons (Fsp3) is 0.417. The Morgan fingerprint density at radius 2 is 2.13 bits per heavy atom. The Morgan fingerprint density at radius 3 is 2.90 bits per heavy atom. The zero-order chi connectivity index (χ0) is 20.9. The van der Waals surface area contributed by atoms with Crippen molar-refractivity contribution < 1.29 is 18.6 Å². The smallest absolute Gasteiger partial charge is 0.125 e. The van der Waals surface area contributed by atoms with Crippen molar-refractivity contribution in [2.75, 3.05) is 0 Å². The van der Waals surface area contributed by atoms with Gasteiger partial charge in [0, 0.05) is 41.8 Å². The van der Waals surface area contributed by atoms with Gasteiger partial charge in [0.05, 0.1) is 0 Å². The molecule has 30 heavy (non-hydrogen) atoms. The highest BCUT2D eigenvalue weighted by atomic mass is 19.1. The molecule has 0 aromatic heterocycles. The summed E-state index contributed by atoms with van der Waals surface area (Å²) in [6, 6.07) is 4.43. The normalized spacial score (nSPS) is 27.2. The number of allylic oxidation sites excluding steroid dienone is 5. The molecule has 0 saturated heterocycles. The average Bonchev–Trinajstić information content (AvgIpc) is 2.85. The number of rotatable bonds is 4. The molecule has 1 fully saturated rings. The summed E-state index contributed by atoms with van der Waals surface area (Å²) >= 11 is 0. The van der Waals surface area contributed by atoms with Crippen molar-refractivity contribution >= 4 is 0 Å². The van der Waals surface area contributed by atoms with Crippen LogP contribution in [0.25, 0.3) is 0 Å². The lowest BCUT2D eigenvalue weighted by Crippen LogP contribution is -2.50. The van der Waals surface area contributed by atoms with Crippen LogP contribution in [0.15, 0.2) is 65.3 Å². The highest BCUT2D eigenvalue weighted by Crippen LogP contribution is 2.49. The van der Waals surface area contributed by atoms with E-state index >= 15 is 0 Å². The Hall–Kier alpha value is -2.44. The molecule has 0 amide bonds. The predicted molar refractivity (Wildman–Crippen MR) is 110 cm³/mol. The monoisotopic (exact) mass is 412 g/mol. The summed E-state index contributed by atoms with van der Waals surface area (Å²) in [5, 5.41) is 17.5. The molecule has 1 saturated carbocycles. The van der Waals surface area contributed by atoms with E-state index in [1.54, 1.807) is 12.1 Å². The highest BCUT2D eigenvalue weighted by molar-refractivity contribution is 5.43. The number of hydrogen-bond acceptors (Lipinski definition) is 4. The number of ether oxygens (including phenoxy) is 1. The van der Waals surface area contributed by atoms with E-state index in [0.717, 1.165) is 41.8 Å². The third-order valence-electron chi connectivity index (χ3n) is 6.75. The van der Waals surface area contributed by atoms with Crippen LogP contribution in [0, 0.1) is 11.7 Å². The van der Waals surface area contributed by atoms with E-state index in [1.807, 2.05) is 13.0 Å². The van der Waals surface area contributed by atoms with Crippen LogP contribution in [0.4, 0.5) is 8.78 Å². The molecule has 2 heterocycles. The lowest BCUT2D eigenvalue weighted by Gasteiger charge is -2.48. The van der Waals surface area contributed by atoms with E-state index in [-0.39, 0.29) is 29.2 Å². The Morgan fingerprint density at radius 1 is 1.30 bits per heavy atom. The molecule has 5 rings (SSSR count). The largest absolute Gasteiger partial charge is 0.487 e. The number of halogens is 2. The predicted octanol–water partition coefficient (Wildman–Crippen LogP) is 4.67. The number of hydrogen-bond donors (Lipinski definition) is 3. The minimum Gasteiger partial charge on any atom is -0.487 e. The van der Waals surface area contributed by atoms with Gasteiger partial charge in [0.2, 0.25) is 0 Å². The number of aliphatic hydroxyl groups excluding tert-OH is 1. The van der Waals surface area contributed by atoms with Crippen molar-refractivity contribution in [2.45, 2.75) is 56.9 Å². The SMILES string of the molecule is CC1=C(CC(O)NC2CC3(CCC3)Oc3ccc(F)cc32)NC2=CC=C(F)C=CC21. The zero-order valence-electron chi connectivity index (χ0n) is 16.9. The van der Waals surface area contributed by atoms with Crippen LogP contribution in [0.2, 0.25) is 0 Å². The lowest BCUT2D eigenvalue weighted by molar-refractivity contribution is -0.0434. The minimum atomic E-state index is -0.807. The molecule has 4 aliphatic rings. The van der Waals surface area contributed by atoms with Crippen molar-refractivity contribution in [3.63, 3.8) is 0 Å². The number of fused-ring (bicyclic) bond motifs is 2. The van der Waals surface area contributed by atoms with E-state index < -0.39 is 6.23 Å². The Kier molecular flexibility index (Phi) is 4.79. The summed E-state index contributed by atoms with van der Waals surface area (Å²) in [7, 11) is 0. The van der Waals surface area contributed by atoms with Gasteiger partial charge in [0.1, 0.15) is 29.2 Å². The first kappa shape index (κ1) is 19.5. The first-order chi connectivity index (χ1) is 14.4. The van der Waals surface area contributed by atoms with Crippen LogP contribution in [0.5, 0.6) is 5.75 Å². The Bertz CT molecular complexity index is 991. The molecule has 3 atom stereocenters. The van der Waals surface area contributed by atoms with Crippen molar-refractivity contribution in [2.24, 2.45) is 5.92 Å². The molecule has 4 nitrogen and oxygen atoms in total. The molecule has 6 heteroatoms. The van der Waals surface area contributed by atoms with E-state index in [4.69, 9.17) is 4.74 Å². The van der Waals surface area contributed by atoms with Gasteiger partial charge in [-0.2, -0.15) is 0 Å².